The molecule has 2 nitrogen and oxygen atoms in total. The van der Waals surface area contributed by atoms with E-state index in [0.717, 1.165) is 22.8 Å². The summed E-state index contributed by atoms with van der Waals surface area (Å²) in [5.74, 6) is 0. The molecule has 1 aromatic rings. The van der Waals surface area contributed by atoms with Crippen molar-refractivity contribution in [1.29, 1.82) is 0 Å². The van der Waals surface area contributed by atoms with E-state index in [9.17, 15) is 0 Å². The molecular weight excluding hydrogens is 210 g/mol. The Kier molecular flexibility index (Phi) is 4.00. The average Bonchev–Trinajstić information content (AvgIpc) is 2.20. The molecule has 0 heterocycles. The van der Waals surface area contributed by atoms with Gasteiger partial charge < -0.3 is 10.4 Å². The van der Waals surface area contributed by atoms with Gasteiger partial charge in [-0.05, 0) is 24.6 Å². The minimum atomic E-state index is -0.114. The molecule has 0 bridgehead atoms. The average molecular weight is 228 g/mol. The first-order valence-electron chi connectivity index (χ1n) is 5.05. The molecule has 0 spiro atoms. The van der Waals surface area contributed by atoms with Crippen LogP contribution in [-0.2, 0) is 0 Å². The maximum atomic E-state index is 9.10. The molecule has 1 rings (SSSR count). The third kappa shape index (κ3) is 3.73. The van der Waals surface area contributed by atoms with Crippen molar-refractivity contribution in [3.05, 3.63) is 28.8 Å². The van der Waals surface area contributed by atoms with E-state index < -0.39 is 0 Å². The van der Waals surface area contributed by atoms with Gasteiger partial charge in [-0.3, -0.25) is 0 Å². The topological polar surface area (TPSA) is 32.3 Å². The number of benzene rings is 1. The van der Waals surface area contributed by atoms with Gasteiger partial charge in [-0.1, -0.05) is 31.5 Å². The van der Waals surface area contributed by atoms with Crippen molar-refractivity contribution in [2.75, 3.05) is 18.5 Å². The summed E-state index contributed by atoms with van der Waals surface area (Å²) >= 11 is 6.01. The smallest absolute Gasteiger partial charge is 0.0498 e. The minimum absolute atomic E-state index is 0.114. The van der Waals surface area contributed by atoms with E-state index in [4.69, 9.17) is 16.7 Å². The molecule has 84 valence electrons. The molecular formula is C12H18ClNO. The predicted octanol–water partition coefficient (Wildman–Crippen LogP) is 3.08. The van der Waals surface area contributed by atoms with Crippen LogP contribution in [0.1, 0.15) is 19.4 Å². The number of hydrogen-bond acceptors (Lipinski definition) is 2. The highest BCUT2D eigenvalue weighted by molar-refractivity contribution is 6.31. The largest absolute Gasteiger partial charge is 0.396 e. The van der Waals surface area contributed by atoms with Gasteiger partial charge in [0, 0.05) is 29.3 Å². The molecule has 0 aliphatic rings. The number of nitrogens with one attached hydrogen (secondary N) is 1. The summed E-state index contributed by atoms with van der Waals surface area (Å²) in [6.07, 6.45) is 0. The molecule has 1 aromatic carbocycles. The maximum absolute atomic E-state index is 9.10. The van der Waals surface area contributed by atoms with Crippen molar-refractivity contribution >= 4 is 17.3 Å². The van der Waals surface area contributed by atoms with E-state index in [1.165, 1.54) is 0 Å². The fourth-order valence-electron chi connectivity index (χ4n) is 1.10. The summed E-state index contributed by atoms with van der Waals surface area (Å²) < 4.78 is 0. The first-order valence-corrected chi connectivity index (χ1v) is 5.43. The first-order chi connectivity index (χ1) is 6.94. The number of aliphatic hydroxyl groups is 1. The Morgan fingerprint density at radius 2 is 2.07 bits per heavy atom. The fraction of sp³-hybridized carbons (Fsp3) is 0.500. The summed E-state index contributed by atoms with van der Waals surface area (Å²) in [4.78, 5) is 0. The lowest BCUT2D eigenvalue weighted by molar-refractivity contribution is 0.171. The molecule has 0 unspecified atom stereocenters. The molecule has 0 atom stereocenters. The number of aryl methyl sites for hydroxylation is 1. The number of rotatable bonds is 4. The van der Waals surface area contributed by atoms with E-state index >= 15 is 0 Å². The highest BCUT2D eigenvalue weighted by Gasteiger charge is 2.15. The molecule has 2 N–H and O–H groups in total. The van der Waals surface area contributed by atoms with Gasteiger partial charge >= 0.3 is 0 Å². The molecule has 0 saturated heterocycles. The number of anilines is 1. The van der Waals surface area contributed by atoms with Crippen LogP contribution >= 0.6 is 11.6 Å². The quantitative estimate of drug-likeness (QED) is 0.829. The van der Waals surface area contributed by atoms with Crippen molar-refractivity contribution in [3.63, 3.8) is 0 Å². The van der Waals surface area contributed by atoms with Crippen LogP contribution in [0.15, 0.2) is 18.2 Å². The molecule has 0 radical (unpaired) electrons. The van der Waals surface area contributed by atoms with Gasteiger partial charge in [0.2, 0.25) is 0 Å². The van der Waals surface area contributed by atoms with Gasteiger partial charge in [0.1, 0.15) is 0 Å². The highest BCUT2D eigenvalue weighted by Crippen LogP contribution is 2.21. The van der Waals surface area contributed by atoms with Crippen LogP contribution in [-0.4, -0.2) is 18.3 Å². The monoisotopic (exact) mass is 227 g/mol. The van der Waals surface area contributed by atoms with Gasteiger partial charge in [-0.2, -0.15) is 0 Å². The lowest BCUT2D eigenvalue weighted by Crippen LogP contribution is -2.26. The molecule has 0 amide bonds. The van der Waals surface area contributed by atoms with Crippen molar-refractivity contribution in [3.8, 4) is 0 Å². The van der Waals surface area contributed by atoms with E-state index in [2.05, 4.69) is 5.32 Å². The number of aliphatic hydroxyl groups excluding tert-OH is 1. The normalized spacial score (nSPS) is 11.5. The predicted molar refractivity (Wildman–Crippen MR) is 65.5 cm³/mol. The van der Waals surface area contributed by atoms with Crippen LogP contribution in [0, 0.1) is 12.3 Å². The van der Waals surface area contributed by atoms with E-state index in [-0.39, 0.29) is 12.0 Å². The van der Waals surface area contributed by atoms with Crippen molar-refractivity contribution in [2.45, 2.75) is 20.8 Å². The molecule has 0 aliphatic carbocycles. The van der Waals surface area contributed by atoms with Crippen LogP contribution in [0.2, 0.25) is 5.02 Å². The van der Waals surface area contributed by atoms with Crippen LogP contribution in [0.5, 0.6) is 0 Å². The molecule has 0 aliphatic heterocycles. The van der Waals surface area contributed by atoms with E-state index in [0.29, 0.717) is 0 Å². The second-order valence-electron chi connectivity index (χ2n) is 4.64. The van der Waals surface area contributed by atoms with Crippen LogP contribution in [0.3, 0.4) is 0 Å². The third-order valence-electron chi connectivity index (χ3n) is 2.37. The summed E-state index contributed by atoms with van der Waals surface area (Å²) in [5.41, 5.74) is 1.95. The maximum Gasteiger partial charge on any atom is 0.0498 e. The third-order valence-corrected chi connectivity index (χ3v) is 2.78. The lowest BCUT2D eigenvalue weighted by atomic mass is 9.95. The molecule has 3 heteroatoms. The molecule has 0 aromatic heterocycles. The van der Waals surface area contributed by atoms with Gasteiger partial charge in [-0.15, -0.1) is 0 Å². The summed E-state index contributed by atoms with van der Waals surface area (Å²) in [6, 6.07) is 5.88. The second kappa shape index (κ2) is 4.86. The zero-order chi connectivity index (χ0) is 11.5. The fourth-order valence-corrected chi connectivity index (χ4v) is 1.28. The van der Waals surface area contributed by atoms with E-state index in [1.54, 1.807) is 0 Å². The first kappa shape index (κ1) is 12.3. The number of hydrogen-bond donors (Lipinski definition) is 2. The van der Waals surface area contributed by atoms with Crippen molar-refractivity contribution < 1.29 is 5.11 Å². The zero-order valence-corrected chi connectivity index (χ0v) is 10.2. The minimum Gasteiger partial charge on any atom is -0.396 e. The molecule has 0 saturated carbocycles. The van der Waals surface area contributed by atoms with Gasteiger partial charge in [-0.25, -0.2) is 0 Å². The Bertz CT molecular complexity index is 336. The highest BCUT2D eigenvalue weighted by atomic mass is 35.5. The lowest BCUT2D eigenvalue weighted by Gasteiger charge is -2.22. The molecule has 0 fully saturated rings. The Morgan fingerprint density at radius 1 is 1.40 bits per heavy atom. The second-order valence-corrected chi connectivity index (χ2v) is 5.05. The Balaban J connectivity index is 2.62. The Labute approximate surface area is 96.3 Å². The summed E-state index contributed by atoms with van der Waals surface area (Å²) in [7, 11) is 0. The van der Waals surface area contributed by atoms with Crippen molar-refractivity contribution in [1.82, 2.24) is 0 Å². The molecule has 15 heavy (non-hydrogen) atoms. The van der Waals surface area contributed by atoms with Crippen LogP contribution in [0.4, 0.5) is 5.69 Å². The van der Waals surface area contributed by atoms with Crippen LogP contribution in [0.25, 0.3) is 0 Å². The van der Waals surface area contributed by atoms with E-state index in [1.807, 2.05) is 39.0 Å². The SMILES string of the molecule is Cc1ccc(NCC(C)(C)CO)cc1Cl. The Hall–Kier alpha value is -0.730. The summed E-state index contributed by atoms with van der Waals surface area (Å²) in [6.45, 7) is 6.89. The van der Waals surface area contributed by atoms with Gasteiger partial charge in [0.25, 0.3) is 0 Å². The van der Waals surface area contributed by atoms with Gasteiger partial charge in [0.15, 0.2) is 0 Å². The standard InChI is InChI=1S/C12H18ClNO/c1-9-4-5-10(6-11(9)13)14-7-12(2,3)8-15/h4-6,14-15H,7-8H2,1-3H3. The Morgan fingerprint density at radius 3 is 2.60 bits per heavy atom. The van der Waals surface area contributed by atoms with Crippen LogP contribution < -0.4 is 5.32 Å². The van der Waals surface area contributed by atoms with Crippen molar-refractivity contribution in [2.24, 2.45) is 5.41 Å². The number of halogens is 1. The van der Waals surface area contributed by atoms with Gasteiger partial charge in [0.05, 0.1) is 0 Å². The summed E-state index contributed by atoms with van der Waals surface area (Å²) in [5, 5.41) is 13.1. The zero-order valence-electron chi connectivity index (χ0n) is 9.47.